The lowest BCUT2D eigenvalue weighted by Gasteiger charge is -2.41. The Kier molecular flexibility index (Phi) is 5.51. The molecular weight excluding hydrogens is 402 g/mol. The van der Waals surface area contributed by atoms with E-state index in [1.54, 1.807) is 22.9 Å². The molecule has 2 aromatic heterocycles. The molecule has 1 atom stereocenters. The number of fused-ring (bicyclic) bond motifs is 1. The van der Waals surface area contributed by atoms with E-state index >= 15 is 0 Å². The normalized spacial score (nSPS) is 18.2. The Bertz CT molecular complexity index is 1130. The maximum Gasteiger partial charge on any atom is 0.255 e. The van der Waals surface area contributed by atoms with E-state index in [1.807, 2.05) is 18.2 Å². The molecule has 166 valence electrons. The van der Waals surface area contributed by atoms with Gasteiger partial charge in [0.1, 0.15) is 12.4 Å². The predicted octanol–water partition coefficient (Wildman–Crippen LogP) is 3.71. The molecule has 0 amide bonds. The van der Waals surface area contributed by atoms with Crippen LogP contribution in [0.2, 0.25) is 0 Å². The maximum atomic E-state index is 13.1. The Morgan fingerprint density at radius 1 is 1.12 bits per heavy atom. The minimum Gasteiger partial charge on any atom is -0.371 e. The molecule has 0 saturated heterocycles. The van der Waals surface area contributed by atoms with Crippen LogP contribution < -0.4 is 10.5 Å². The molecule has 3 aromatic rings. The van der Waals surface area contributed by atoms with Gasteiger partial charge < -0.3 is 9.64 Å². The van der Waals surface area contributed by atoms with Crippen LogP contribution in [0, 0.1) is 11.3 Å². The largest absolute Gasteiger partial charge is 0.371 e. The first kappa shape index (κ1) is 20.8. The van der Waals surface area contributed by atoms with E-state index in [0.29, 0.717) is 36.3 Å². The average Bonchev–Trinajstić information content (AvgIpc) is 3.62. The maximum absolute atomic E-state index is 13.1. The van der Waals surface area contributed by atoms with E-state index in [2.05, 4.69) is 40.8 Å². The second-order valence-corrected chi connectivity index (χ2v) is 9.68. The highest BCUT2D eigenvalue weighted by atomic mass is 16.5. The zero-order chi connectivity index (χ0) is 22.1. The van der Waals surface area contributed by atoms with Gasteiger partial charge in [-0.15, -0.1) is 0 Å². The molecule has 1 aromatic carbocycles. The number of anilines is 1. The molecule has 3 heterocycles. The monoisotopic (exact) mass is 431 g/mol. The van der Waals surface area contributed by atoms with Gasteiger partial charge in [-0.05, 0) is 30.4 Å². The first-order valence-electron chi connectivity index (χ1n) is 11.3. The molecule has 1 saturated carbocycles. The van der Waals surface area contributed by atoms with E-state index in [4.69, 9.17) is 9.72 Å². The number of benzene rings is 1. The molecule has 5 rings (SSSR count). The quantitative estimate of drug-likeness (QED) is 0.568. The molecule has 0 unspecified atom stereocenters. The second-order valence-electron chi connectivity index (χ2n) is 9.68. The van der Waals surface area contributed by atoms with Gasteiger partial charge in [0.2, 0.25) is 5.95 Å². The highest BCUT2D eigenvalue weighted by Gasteiger charge is 2.34. The van der Waals surface area contributed by atoms with Crippen LogP contribution in [0.15, 0.2) is 59.8 Å². The van der Waals surface area contributed by atoms with Crippen molar-refractivity contribution in [2.24, 2.45) is 11.3 Å². The van der Waals surface area contributed by atoms with Gasteiger partial charge in [-0.3, -0.25) is 9.36 Å². The number of hydrogen-bond acceptors (Lipinski definition) is 6. The van der Waals surface area contributed by atoms with Gasteiger partial charge in [-0.2, -0.15) is 0 Å². The van der Waals surface area contributed by atoms with Crippen LogP contribution in [-0.4, -0.2) is 39.2 Å². The third-order valence-electron chi connectivity index (χ3n) is 6.11. The molecule has 0 bridgehead atoms. The fraction of sp³-hybridized carbons (Fsp3) is 0.440. The van der Waals surface area contributed by atoms with Crippen molar-refractivity contribution in [1.82, 2.24) is 19.5 Å². The number of rotatable bonds is 7. The summed E-state index contributed by atoms with van der Waals surface area (Å²) in [4.78, 5) is 28.5. The van der Waals surface area contributed by atoms with Gasteiger partial charge in [0.15, 0.2) is 0 Å². The first-order valence-corrected chi connectivity index (χ1v) is 11.3. The van der Waals surface area contributed by atoms with Crippen molar-refractivity contribution in [1.29, 1.82) is 0 Å². The Morgan fingerprint density at radius 3 is 2.66 bits per heavy atom. The van der Waals surface area contributed by atoms with Crippen molar-refractivity contribution < 1.29 is 4.74 Å². The zero-order valence-electron chi connectivity index (χ0n) is 18.6. The van der Waals surface area contributed by atoms with Crippen LogP contribution in [0.25, 0.3) is 11.4 Å². The molecule has 0 N–H and O–H groups in total. The predicted molar refractivity (Wildman–Crippen MR) is 123 cm³/mol. The Labute approximate surface area is 188 Å². The average molecular weight is 432 g/mol. The molecule has 7 heteroatoms. The van der Waals surface area contributed by atoms with Gasteiger partial charge in [0.05, 0.1) is 24.5 Å². The number of nitrogens with zero attached hydrogens (tertiary/aromatic N) is 5. The van der Waals surface area contributed by atoms with Crippen LogP contribution in [0.5, 0.6) is 0 Å². The highest BCUT2D eigenvalue weighted by molar-refractivity contribution is 5.55. The molecule has 2 aliphatic rings. The molecule has 0 spiro atoms. The summed E-state index contributed by atoms with van der Waals surface area (Å²) < 4.78 is 8.19. The third-order valence-corrected chi connectivity index (χ3v) is 6.11. The summed E-state index contributed by atoms with van der Waals surface area (Å²) in [5, 5.41) is 0. The molecule has 0 radical (unpaired) electrons. The summed E-state index contributed by atoms with van der Waals surface area (Å²) >= 11 is 0. The van der Waals surface area contributed by atoms with E-state index in [1.165, 1.54) is 19.2 Å². The number of aromatic nitrogens is 4. The third kappa shape index (κ3) is 4.58. The van der Waals surface area contributed by atoms with Crippen molar-refractivity contribution in [2.75, 3.05) is 24.6 Å². The van der Waals surface area contributed by atoms with Crippen molar-refractivity contribution in [3.63, 3.8) is 0 Å². The molecule has 7 nitrogen and oxygen atoms in total. The molecular formula is C25H29N5O2. The lowest BCUT2D eigenvalue weighted by Crippen LogP contribution is -2.49. The van der Waals surface area contributed by atoms with Crippen molar-refractivity contribution >= 4 is 5.95 Å². The SMILES string of the molecule is CC1(C)CN(C[C@@H](OCC2CC2)c2ccccc2)c2nc(-c3ccncn3)cc(=O)n2C1. The molecule has 32 heavy (non-hydrogen) atoms. The number of ether oxygens (including phenoxy) is 1. The van der Waals surface area contributed by atoms with Gasteiger partial charge in [-0.1, -0.05) is 44.2 Å². The first-order chi connectivity index (χ1) is 15.5. The zero-order valence-corrected chi connectivity index (χ0v) is 18.6. The lowest BCUT2D eigenvalue weighted by molar-refractivity contribution is 0.0471. The van der Waals surface area contributed by atoms with Crippen LogP contribution in [0.4, 0.5) is 5.95 Å². The topological polar surface area (TPSA) is 73.1 Å². The highest BCUT2D eigenvalue weighted by Crippen LogP contribution is 2.34. The smallest absolute Gasteiger partial charge is 0.255 e. The summed E-state index contributed by atoms with van der Waals surface area (Å²) in [6.45, 7) is 7.22. The van der Waals surface area contributed by atoms with Gasteiger partial charge in [-0.25, -0.2) is 15.0 Å². The van der Waals surface area contributed by atoms with Gasteiger partial charge in [0, 0.05) is 30.8 Å². The summed E-state index contributed by atoms with van der Waals surface area (Å²) in [6.07, 6.45) is 5.56. The van der Waals surface area contributed by atoms with E-state index in [9.17, 15) is 4.79 Å². The molecule has 1 aliphatic heterocycles. The fourth-order valence-electron chi connectivity index (χ4n) is 4.33. The summed E-state index contributed by atoms with van der Waals surface area (Å²) in [5.74, 6) is 1.36. The minimum absolute atomic E-state index is 0.0588. The van der Waals surface area contributed by atoms with Crippen molar-refractivity contribution in [3.8, 4) is 11.4 Å². The summed E-state index contributed by atoms with van der Waals surface area (Å²) in [7, 11) is 0. The molecule has 1 fully saturated rings. The molecule has 1 aliphatic carbocycles. The lowest BCUT2D eigenvalue weighted by atomic mass is 9.90. The van der Waals surface area contributed by atoms with E-state index < -0.39 is 0 Å². The second kappa shape index (κ2) is 8.47. The Hall–Kier alpha value is -3.06. The van der Waals surface area contributed by atoms with Crippen LogP contribution in [0.1, 0.15) is 38.4 Å². The van der Waals surface area contributed by atoms with Crippen molar-refractivity contribution in [2.45, 2.75) is 39.3 Å². The summed E-state index contributed by atoms with van der Waals surface area (Å²) in [6, 6.07) is 13.7. The van der Waals surface area contributed by atoms with Gasteiger partial charge in [0.25, 0.3) is 5.56 Å². The minimum atomic E-state index is -0.0845. The van der Waals surface area contributed by atoms with Crippen LogP contribution >= 0.6 is 0 Å². The number of hydrogen-bond donors (Lipinski definition) is 0. The Morgan fingerprint density at radius 2 is 1.94 bits per heavy atom. The van der Waals surface area contributed by atoms with E-state index in [0.717, 1.165) is 18.7 Å². The van der Waals surface area contributed by atoms with Crippen LogP contribution in [-0.2, 0) is 11.3 Å². The summed E-state index contributed by atoms with van der Waals surface area (Å²) in [5.41, 5.74) is 2.25. The van der Waals surface area contributed by atoms with E-state index in [-0.39, 0.29) is 17.1 Å². The van der Waals surface area contributed by atoms with Crippen molar-refractivity contribution in [3.05, 3.63) is 70.9 Å². The Balaban J connectivity index is 1.51. The standard InChI is InChI=1S/C25H29N5O2/c1-25(2)15-29(13-22(32-14-18-8-9-18)19-6-4-3-5-7-19)24-28-21(12-23(31)30(24)16-25)20-10-11-26-17-27-20/h3-7,10-12,17-18,22H,8-9,13-16H2,1-2H3/t22-/m1/s1. The van der Waals surface area contributed by atoms with Crippen LogP contribution in [0.3, 0.4) is 0 Å². The van der Waals surface area contributed by atoms with Gasteiger partial charge >= 0.3 is 0 Å². The fourth-order valence-corrected chi connectivity index (χ4v) is 4.33.